The number of unbranched alkanes of at least 4 members (excludes halogenated alkanes) is 3. The Balaban J connectivity index is 3.39. The lowest BCUT2D eigenvalue weighted by molar-refractivity contribution is 0.340. The van der Waals surface area contributed by atoms with Gasteiger partial charge in [0.15, 0.2) is 0 Å². The second-order valence-corrected chi connectivity index (χ2v) is 8.78. The molecule has 0 rings (SSSR count). The SMILES string of the molecule is CN(CCCCCCNC(C)(C)C)CCS(C)(=O)=O. The van der Waals surface area contributed by atoms with Crippen molar-refractivity contribution >= 4 is 9.84 Å². The van der Waals surface area contributed by atoms with Crippen LogP contribution in [0.15, 0.2) is 0 Å². The van der Waals surface area contributed by atoms with E-state index in [-0.39, 0.29) is 11.3 Å². The molecule has 4 nitrogen and oxygen atoms in total. The molecule has 0 aromatic rings. The van der Waals surface area contributed by atoms with Crippen molar-refractivity contribution in [1.29, 1.82) is 0 Å². The summed E-state index contributed by atoms with van der Waals surface area (Å²) in [6.07, 6.45) is 6.11. The number of sulfone groups is 1. The molecule has 0 unspecified atom stereocenters. The topological polar surface area (TPSA) is 49.4 Å². The predicted octanol–water partition coefficient (Wildman–Crippen LogP) is 1.91. The third-order valence-electron chi connectivity index (χ3n) is 2.97. The summed E-state index contributed by atoms with van der Waals surface area (Å²) in [5, 5.41) is 3.48. The maximum Gasteiger partial charge on any atom is 0.148 e. The minimum atomic E-state index is -2.83. The summed E-state index contributed by atoms with van der Waals surface area (Å²) in [6.45, 7) is 9.26. The molecule has 0 aliphatic heterocycles. The highest BCUT2D eigenvalue weighted by atomic mass is 32.2. The van der Waals surface area contributed by atoms with E-state index in [1.807, 2.05) is 7.05 Å². The smallest absolute Gasteiger partial charge is 0.148 e. The maximum atomic E-state index is 11.0. The number of hydrogen-bond donors (Lipinski definition) is 1. The van der Waals surface area contributed by atoms with E-state index < -0.39 is 9.84 Å². The van der Waals surface area contributed by atoms with Gasteiger partial charge in [-0.25, -0.2) is 8.42 Å². The predicted molar refractivity (Wildman–Crippen MR) is 83.4 cm³/mol. The van der Waals surface area contributed by atoms with Gasteiger partial charge in [-0.1, -0.05) is 12.8 Å². The Morgan fingerprint density at radius 1 is 1.00 bits per heavy atom. The van der Waals surface area contributed by atoms with Gasteiger partial charge >= 0.3 is 0 Å². The van der Waals surface area contributed by atoms with Crippen LogP contribution in [0.25, 0.3) is 0 Å². The second-order valence-electron chi connectivity index (χ2n) is 6.52. The summed E-state index contributed by atoms with van der Waals surface area (Å²) < 4.78 is 22.1. The average Bonchev–Trinajstić information content (AvgIpc) is 2.22. The lowest BCUT2D eigenvalue weighted by Gasteiger charge is -2.20. The van der Waals surface area contributed by atoms with Crippen LogP contribution in [0.3, 0.4) is 0 Å². The van der Waals surface area contributed by atoms with Crippen LogP contribution in [0.5, 0.6) is 0 Å². The van der Waals surface area contributed by atoms with E-state index >= 15 is 0 Å². The summed E-state index contributed by atoms with van der Waals surface area (Å²) in [4.78, 5) is 2.11. The van der Waals surface area contributed by atoms with Crippen molar-refractivity contribution < 1.29 is 8.42 Å². The first-order chi connectivity index (χ1) is 8.60. The molecule has 0 aromatic heterocycles. The zero-order valence-corrected chi connectivity index (χ0v) is 14.1. The molecule has 0 saturated carbocycles. The Morgan fingerprint density at radius 2 is 1.58 bits per heavy atom. The van der Waals surface area contributed by atoms with Crippen molar-refractivity contribution in [2.45, 2.75) is 52.0 Å². The first kappa shape index (κ1) is 18.9. The van der Waals surface area contributed by atoms with Crippen LogP contribution in [0.4, 0.5) is 0 Å². The fraction of sp³-hybridized carbons (Fsp3) is 1.00. The molecule has 116 valence electrons. The van der Waals surface area contributed by atoms with Crippen LogP contribution < -0.4 is 5.32 Å². The Labute approximate surface area is 119 Å². The first-order valence-electron chi connectivity index (χ1n) is 7.21. The van der Waals surface area contributed by atoms with Crippen LogP contribution in [0.2, 0.25) is 0 Å². The van der Waals surface area contributed by atoms with Crippen molar-refractivity contribution in [3.8, 4) is 0 Å². The van der Waals surface area contributed by atoms with E-state index in [9.17, 15) is 8.42 Å². The van der Waals surface area contributed by atoms with Crippen molar-refractivity contribution in [1.82, 2.24) is 10.2 Å². The zero-order chi connectivity index (χ0) is 14.9. The van der Waals surface area contributed by atoms with Crippen LogP contribution >= 0.6 is 0 Å². The molecule has 0 radical (unpaired) electrons. The lowest BCUT2D eigenvalue weighted by atomic mass is 10.1. The zero-order valence-electron chi connectivity index (χ0n) is 13.3. The normalized spacial score (nSPS) is 13.2. The van der Waals surface area contributed by atoms with Gasteiger partial charge in [-0.15, -0.1) is 0 Å². The van der Waals surface area contributed by atoms with E-state index in [2.05, 4.69) is 31.0 Å². The van der Waals surface area contributed by atoms with Gasteiger partial charge in [0.1, 0.15) is 9.84 Å². The van der Waals surface area contributed by atoms with Gasteiger partial charge in [0.05, 0.1) is 5.75 Å². The Bertz CT molecular complexity index is 321. The third-order valence-corrected chi connectivity index (χ3v) is 3.89. The number of nitrogens with zero attached hydrogens (tertiary/aromatic N) is 1. The van der Waals surface area contributed by atoms with Crippen LogP contribution in [-0.4, -0.2) is 57.5 Å². The van der Waals surface area contributed by atoms with Gasteiger partial charge in [-0.05, 0) is 53.8 Å². The molecule has 0 saturated heterocycles. The van der Waals surface area contributed by atoms with Gasteiger partial charge in [0.2, 0.25) is 0 Å². The van der Waals surface area contributed by atoms with Crippen LogP contribution in [0.1, 0.15) is 46.5 Å². The molecule has 0 bridgehead atoms. The average molecular weight is 292 g/mol. The van der Waals surface area contributed by atoms with E-state index in [1.165, 1.54) is 25.5 Å². The van der Waals surface area contributed by atoms with E-state index in [0.717, 1.165) is 19.5 Å². The fourth-order valence-corrected chi connectivity index (χ4v) is 2.40. The summed E-state index contributed by atoms with van der Waals surface area (Å²) >= 11 is 0. The highest BCUT2D eigenvalue weighted by molar-refractivity contribution is 7.90. The van der Waals surface area contributed by atoms with Crippen LogP contribution in [0, 0.1) is 0 Å². The van der Waals surface area contributed by atoms with Crippen molar-refractivity contribution in [3.63, 3.8) is 0 Å². The van der Waals surface area contributed by atoms with Gasteiger partial charge < -0.3 is 10.2 Å². The van der Waals surface area contributed by atoms with Gasteiger partial charge in [0.25, 0.3) is 0 Å². The Hall–Kier alpha value is -0.130. The number of nitrogens with one attached hydrogen (secondary N) is 1. The second kappa shape index (κ2) is 8.93. The van der Waals surface area contributed by atoms with E-state index in [4.69, 9.17) is 0 Å². The minimum Gasteiger partial charge on any atom is -0.312 e. The molecule has 0 heterocycles. The molecule has 5 heteroatoms. The van der Waals surface area contributed by atoms with E-state index in [0.29, 0.717) is 6.54 Å². The third kappa shape index (κ3) is 15.8. The first-order valence-corrected chi connectivity index (χ1v) is 9.27. The minimum absolute atomic E-state index is 0.214. The molecule has 19 heavy (non-hydrogen) atoms. The summed E-state index contributed by atoms with van der Waals surface area (Å²) in [6, 6.07) is 0. The van der Waals surface area contributed by atoms with Gasteiger partial charge in [-0.2, -0.15) is 0 Å². The molecule has 0 aromatic carbocycles. The standard InChI is InChI=1S/C14H32N2O2S/c1-14(2,3)15-10-8-6-7-9-11-16(4)12-13-19(5,17)18/h15H,6-13H2,1-5H3. The molecule has 0 aliphatic carbocycles. The quantitative estimate of drug-likeness (QED) is 0.625. The number of hydrogen-bond acceptors (Lipinski definition) is 4. The summed E-state index contributed by atoms with van der Waals surface area (Å²) in [7, 11) is -0.833. The fourth-order valence-electron chi connectivity index (χ4n) is 1.76. The molecule has 1 N–H and O–H groups in total. The Kier molecular flexibility index (Phi) is 8.86. The largest absolute Gasteiger partial charge is 0.312 e. The van der Waals surface area contributed by atoms with E-state index in [1.54, 1.807) is 0 Å². The van der Waals surface area contributed by atoms with Crippen molar-refractivity contribution in [2.75, 3.05) is 38.7 Å². The molecule has 0 fully saturated rings. The summed E-state index contributed by atoms with van der Waals surface area (Å²) in [5.74, 6) is 0.263. The highest BCUT2D eigenvalue weighted by Crippen LogP contribution is 2.03. The highest BCUT2D eigenvalue weighted by Gasteiger charge is 2.07. The van der Waals surface area contributed by atoms with Crippen molar-refractivity contribution in [2.24, 2.45) is 0 Å². The van der Waals surface area contributed by atoms with Gasteiger partial charge in [0, 0.05) is 18.3 Å². The Morgan fingerprint density at radius 3 is 2.11 bits per heavy atom. The van der Waals surface area contributed by atoms with Crippen molar-refractivity contribution in [3.05, 3.63) is 0 Å². The number of rotatable bonds is 10. The molecule has 0 atom stereocenters. The maximum absolute atomic E-state index is 11.0. The van der Waals surface area contributed by atoms with Gasteiger partial charge in [-0.3, -0.25) is 0 Å². The molecular formula is C14H32N2O2S. The monoisotopic (exact) mass is 292 g/mol. The molecule has 0 aliphatic rings. The van der Waals surface area contributed by atoms with Crippen LogP contribution in [-0.2, 0) is 9.84 Å². The lowest BCUT2D eigenvalue weighted by Crippen LogP contribution is -2.36. The molecule has 0 spiro atoms. The molecule has 0 amide bonds. The molecular weight excluding hydrogens is 260 g/mol. The summed E-state index contributed by atoms with van der Waals surface area (Å²) in [5.41, 5.74) is 0.214.